The molecule has 0 radical (unpaired) electrons. The standard InChI is InChI=1S/C13H18N4OS/c1-4-9(2)19-8-12-15-11(5-13(18)16-12)10-6-14-17(3)7-10/h5-7,9H,4,8H2,1-3H3,(H,15,16,18). The van der Waals surface area contributed by atoms with Gasteiger partial charge in [-0.15, -0.1) is 0 Å². The quantitative estimate of drug-likeness (QED) is 0.910. The first-order chi connectivity index (χ1) is 9.08. The lowest BCUT2D eigenvalue weighted by Crippen LogP contribution is -2.11. The maximum Gasteiger partial charge on any atom is 0.251 e. The highest BCUT2D eigenvalue weighted by Crippen LogP contribution is 2.19. The topological polar surface area (TPSA) is 63.6 Å². The van der Waals surface area contributed by atoms with Gasteiger partial charge in [0.25, 0.3) is 5.56 Å². The molecule has 1 atom stereocenters. The first-order valence-electron chi connectivity index (χ1n) is 6.29. The second kappa shape index (κ2) is 6.06. The van der Waals surface area contributed by atoms with Crippen molar-refractivity contribution in [3.63, 3.8) is 0 Å². The Kier molecular flexibility index (Phi) is 4.42. The molecule has 1 unspecified atom stereocenters. The molecule has 0 spiro atoms. The van der Waals surface area contributed by atoms with Crippen LogP contribution in [0.4, 0.5) is 0 Å². The van der Waals surface area contributed by atoms with E-state index in [1.807, 2.05) is 13.2 Å². The van der Waals surface area contributed by atoms with Crippen LogP contribution in [0, 0.1) is 0 Å². The minimum Gasteiger partial charge on any atom is -0.310 e. The number of aryl methyl sites for hydroxylation is 1. The van der Waals surface area contributed by atoms with Crippen LogP contribution in [0.5, 0.6) is 0 Å². The van der Waals surface area contributed by atoms with Crippen LogP contribution in [0.15, 0.2) is 23.3 Å². The third-order valence-corrected chi connectivity index (χ3v) is 4.21. The van der Waals surface area contributed by atoms with Crippen molar-refractivity contribution in [2.24, 2.45) is 7.05 Å². The molecule has 0 aliphatic rings. The Morgan fingerprint density at radius 1 is 1.53 bits per heavy atom. The van der Waals surface area contributed by atoms with Crippen LogP contribution >= 0.6 is 11.8 Å². The predicted octanol–water partition coefficient (Wildman–Crippen LogP) is 2.20. The second-order valence-corrected chi connectivity index (χ2v) is 5.94. The summed E-state index contributed by atoms with van der Waals surface area (Å²) in [5.74, 6) is 1.44. The van der Waals surface area contributed by atoms with E-state index in [0.717, 1.165) is 23.6 Å². The fraction of sp³-hybridized carbons (Fsp3) is 0.462. The molecule has 0 aliphatic carbocycles. The number of thioether (sulfide) groups is 1. The summed E-state index contributed by atoms with van der Waals surface area (Å²) in [5, 5.41) is 4.66. The third-order valence-electron chi connectivity index (χ3n) is 2.87. The zero-order valence-electron chi connectivity index (χ0n) is 11.4. The molecule has 0 aliphatic heterocycles. The number of hydrogen-bond donors (Lipinski definition) is 1. The SMILES string of the molecule is CCC(C)SCc1nc(-c2cnn(C)c2)cc(=O)[nH]1. The van der Waals surface area contributed by atoms with E-state index in [9.17, 15) is 4.79 Å². The van der Waals surface area contributed by atoms with Crippen LogP contribution < -0.4 is 5.56 Å². The van der Waals surface area contributed by atoms with E-state index >= 15 is 0 Å². The Bertz CT molecular complexity index is 605. The zero-order chi connectivity index (χ0) is 13.8. The minimum atomic E-state index is -0.117. The molecule has 0 fully saturated rings. The molecule has 6 heteroatoms. The van der Waals surface area contributed by atoms with Gasteiger partial charge in [0, 0.05) is 30.1 Å². The van der Waals surface area contributed by atoms with Crippen molar-refractivity contribution < 1.29 is 0 Å². The highest BCUT2D eigenvalue weighted by molar-refractivity contribution is 7.99. The number of aromatic amines is 1. The van der Waals surface area contributed by atoms with Crippen molar-refractivity contribution in [3.8, 4) is 11.3 Å². The molecule has 5 nitrogen and oxygen atoms in total. The Morgan fingerprint density at radius 2 is 2.32 bits per heavy atom. The fourth-order valence-corrected chi connectivity index (χ4v) is 2.43. The summed E-state index contributed by atoms with van der Waals surface area (Å²) >= 11 is 1.79. The molecule has 2 heterocycles. The molecule has 1 N–H and O–H groups in total. The third kappa shape index (κ3) is 3.70. The molecular formula is C13H18N4OS. The van der Waals surface area contributed by atoms with Crippen LogP contribution in [0.1, 0.15) is 26.1 Å². The summed E-state index contributed by atoms with van der Waals surface area (Å²) in [5.41, 5.74) is 1.42. The second-order valence-electron chi connectivity index (χ2n) is 4.51. The molecular weight excluding hydrogens is 260 g/mol. The van der Waals surface area contributed by atoms with Crippen molar-refractivity contribution in [1.82, 2.24) is 19.7 Å². The van der Waals surface area contributed by atoms with Gasteiger partial charge in [-0.05, 0) is 6.42 Å². The van der Waals surface area contributed by atoms with Crippen LogP contribution in [-0.2, 0) is 12.8 Å². The van der Waals surface area contributed by atoms with Gasteiger partial charge in [0.05, 0.1) is 17.6 Å². The van der Waals surface area contributed by atoms with Gasteiger partial charge in [-0.25, -0.2) is 4.98 Å². The van der Waals surface area contributed by atoms with Gasteiger partial charge in [0.1, 0.15) is 5.82 Å². The number of nitrogens with zero attached hydrogens (tertiary/aromatic N) is 3. The van der Waals surface area contributed by atoms with E-state index in [1.54, 1.807) is 22.6 Å². The van der Waals surface area contributed by atoms with Crippen molar-refractivity contribution in [3.05, 3.63) is 34.6 Å². The lowest BCUT2D eigenvalue weighted by molar-refractivity contribution is 0.768. The monoisotopic (exact) mass is 278 g/mol. The van der Waals surface area contributed by atoms with E-state index in [4.69, 9.17) is 0 Å². The number of rotatable bonds is 5. The zero-order valence-corrected chi connectivity index (χ0v) is 12.2. The molecule has 19 heavy (non-hydrogen) atoms. The molecule has 0 aromatic carbocycles. The molecule has 2 aromatic heterocycles. The average Bonchev–Trinajstić information content (AvgIpc) is 2.82. The Labute approximate surface area is 116 Å². The van der Waals surface area contributed by atoms with Crippen molar-refractivity contribution in [1.29, 1.82) is 0 Å². The van der Waals surface area contributed by atoms with Crippen LogP contribution in [-0.4, -0.2) is 25.0 Å². The van der Waals surface area contributed by atoms with Gasteiger partial charge in [-0.1, -0.05) is 13.8 Å². The number of nitrogens with one attached hydrogen (secondary N) is 1. The number of H-pyrrole nitrogens is 1. The van der Waals surface area contributed by atoms with Crippen LogP contribution in [0.2, 0.25) is 0 Å². The maximum absolute atomic E-state index is 11.7. The molecule has 102 valence electrons. The van der Waals surface area contributed by atoms with Gasteiger partial charge >= 0.3 is 0 Å². The van der Waals surface area contributed by atoms with Gasteiger partial charge in [-0.2, -0.15) is 16.9 Å². The van der Waals surface area contributed by atoms with E-state index in [1.165, 1.54) is 6.07 Å². The highest BCUT2D eigenvalue weighted by atomic mass is 32.2. The molecule has 2 rings (SSSR count). The van der Waals surface area contributed by atoms with Crippen molar-refractivity contribution in [2.75, 3.05) is 0 Å². The van der Waals surface area contributed by atoms with E-state index < -0.39 is 0 Å². The smallest absolute Gasteiger partial charge is 0.251 e. The van der Waals surface area contributed by atoms with Crippen molar-refractivity contribution >= 4 is 11.8 Å². The van der Waals surface area contributed by atoms with Gasteiger partial charge in [0.2, 0.25) is 0 Å². The van der Waals surface area contributed by atoms with Gasteiger partial charge < -0.3 is 4.98 Å². The summed E-state index contributed by atoms with van der Waals surface area (Å²) in [6.45, 7) is 4.33. The molecule has 2 aromatic rings. The molecule has 0 saturated heterocycles. The van der Waals surface area contributed by atoms with Crippen LogP contribution in [0.25, 0.3) is 11.3 Å². The molecule has 0 saturated carbocycles. The lowest BCUT2D eigenvalue weighted by atomic mass is 10.2. The lowest BCUT2D eigenvalue weighted by Gasteiger charge is -2.07. The summed E-state index contributed by atoms with van der Waals surface area (Å²) in [7, 11) is 1.84. The Morgan fingerprint density at radius 3 is 2.95 bits per heavy atom. The molecule has 0 amide bonds. The van der Waals surface area contributed by atoms with Gasteiger partial charge in [0.15, 0.2) is 0 Å². The first kappa shape index (κ1) is 13.9. The van der Waals surface area contributed by atoms with Crippen LogP contribution in [0.3, 0.4) is 0 Å². The summed E-state index contributed by atoms with van der Waals surface area (Å²) in [6.07, 6.45) is 4.68. The number of aromatic nitrogens is 4. The fourth-order valence-electron chi connectivity index (χ4n) is 1.62. The largest absolute Gasteiger partial charge is 0.310 e. The number of hydrogen-bond acceptors (Lipinski definition) is 4. The summed E-state index contributed by atoms with van der Waals surface area (Å²) < 4.78 is 1.70. The molecule has 0 bridgehead atoms. The van der Waals surface area contributed by atoms with E-state index in [-0.39, 0.29) is 5.56 Å². The van der Waals surface area contributed by atoms with E-state index in [0.29, 0.717) is 10.9 Å². The first-order valence-corrected chi connectivity index (χ1v) is 7.34. The minimum absolute atomic E-state index is 0.117. The Balaban J connectivity index is 2.22. The Hall–Kier alpha value is -1.56. The predicted molar refractivity (Wildman–Crippen MR) is 78.1 cm³/mol. The summed E-state index contributed by atoms with van der Waals surface area (Å²) in [6, 6.07) is 1.51. The highest BCUT2D eigenvalue weighted by Gasteiger charge is 2.07. The summed E-state index contributed by atoms with van der Waals surface area (Å²) in [4.78, 5) is 19.0. The average molecular weight is 278 g/mol. The van der Waals surface area contributed by atoms with Crippen molar-refractivity contribution in [2.45, 2.75) is 31.3 Å². The maximum atomic E-state index is 11.7. The van der Waals surface area contributed by atoms with E-state index in [2.05, 4.69) is 28.9 Å². The van der Waals surface area contributed by atoms with Gasteiger partial charge in [-0.3, -0.25) is 9.48 Å². The normalized spacial score (nSPS) is 12.6.